The molecule has 4 rings (SSSR count). The maximum atomic E-state index is 14.5. The van der Waals surface area contributed by atoms with Crippen molar-refractivity contribution in [3.63, 3.8) is 0 Å². The van der Waals surface area contributed by atoms with Gasteiger partial charge >= 0.3 is 0 Å². The lowest BCUT2D eigenvalue weighted by Crippen LogP contribution is -2.62. The molecule has 7 heteroatoms. The summed E-state index contributed by atoms with van der Waals surface area (Å²) in [6, 6.07) is 12.4. The van der Waals surface area contributed by atoms with Gasteiger partial charge in [0.15, 0.2) is 0 Å². The van der Waals surface area contributed by atoms with Crippen LogP contribution in [0.4, 0.5) is 4.39 Å². The van der Waals surface area contributed by atoms with Gasteiger partial charge in [-0.1, -0.05) is 44.5 Å². The predicted octanol–water partition coefficient (Wildman–Crippen LogP) is 3.50. The molecule has 6 nitrogen and oxygen atoms in total. The van der Waals surface area contributed by atoms with Gasteiger partial charge in [-0.25, -0.2) is 9.49 Å². The smallest absolute Gasteiger partial charge is 0.272 e. The van der Waals surface area contributed by atoms with E-state index in [1.807, 2.05) is 12.1 Å². The minimum Gasteiger partial charge on any atom is -0.335 e. The number of aromatic amines is 1. The van der Waals surface area contributed by atoms with E-state index in [-0.39, 0.29) is 23.1 Å². The molecule has 1 saturated heterocycles. The van der Waals surface area contributed by atoms with Crippen molar-refractivity contribution in [3.8, 4) is 0 Å². The van der Waals surface area contributed by atoms with Crippen molar-refractivity contribution in [2.45, 2.75) is 45.7 Å². The monoisotopic (exact) mass is 436 g/mol. The Bertz CT molecular complexity index is 1190. The highest BCUT2D eigenvalue weighted by Crippen LogP contribution is 2.21. The zero-order valence-corrected chi connectivity index (χ0v) is 18.7. The molecule has 1 unspecified atom stereocenters. The van der Waals surface area contributed by atoms with Crippen molar-refractivity contribution in [1.82, 2.24) is 20.4 Å². The summed E-state index contributed by atoms with van der Waals surface area (Å²) in [7, 11) is 0. The number of carbonyl (C=O) groups is 1. The normalized spacial score (nSPS) is 16.1. The molecule has 2 N–H and O–H groups in total. The number of halogens is 1. The van der Waals surface area contributed by atoms with Crippen LogP contribution in [-0.4, -0.2) is 46.2 Å². The molecule has 168 valence electrons. The standard InChI is InChI=1S/C25H29FN4O2/c1-4-15(2)16(3)27-18-13-30(14-18)25(32)21-11-17(9-10-22(21)26)12-23-19-7-5-6-8-20(19)24(31)29-28-23/h5-11,15-16,18,27H,4,12-14H2,1-3H3,(H,29,31)/t15?,16-/m1/s1. The number of hydrogen-bond acceptors (Lipinski definition) is 4. The molecule has 0 spiro atoms. The van der Waals surface area contributed by atoms with E-state index in [0.29, 0.717) is 42.6 Å². The molecule has 3 aromatic rings. The first-order valence-electron chi connectivity index (χ1n) is 11.2. The van der Waals surface area contributed by atoms with Crippen LogP contribution >= 0.6 is 0 Å². The number of carbonyl (C=O) groups excluding carboxylic acids is 1. The second-order valence-corrected chi connectivity index (χ2v) is 8.78. The number of rotatable bonds is 7. The van der Waals surface area contributed by atoms with E-state index >= 15 is 0 Å². The number of H-pyrrole nitrogens is 1. The van der Waals surface area contributed by atoms with Gasteiger partial charge < -0.3 is 10.2 Å². The van der Waals surface area contributed by atoms with E-state index in [2.05, 4.69) is 36.3 Å². The van der Waals surface area contributed by atoms with Crippen LogP contribution in [0.5, 0.6) is 0 Å². The summed E-state index contributed by atoms with van der Waals surface area (Å²) in [6.07, 6.45) is 1.48. The molecule has 2 aromatic carbocycles. The second kappa shape index (κ2) is 9.20. The van der Waals surface area contributed by atoms with Gasteiger partial charge in [-0.2, -0.15) is 5.10 Å². The van der Waals surface area contributed by atoms with Gasteiger partial charge in [-0.3, -0.25) is 9.59 Å². The predicted molar refractivity (Wildman–Crippen MR) is 123 cm³/mol. The van der Waals surface area contributed by atoms with Gasteiger partial charge in [0.1, 0.15) is 5.82 Å². The topological polar surface area (TPSA) is 78.1 Å². The third kappa shape index (κ3) is 4.43. The first-order chi connectivity index (χ1) is 15.4. The molecule has 2 heterocycles. The molecule has 1 aliphatic heterocycles. The van der Waals surface area contributed by atoms with Gasteiger partial charge in [0.25, 0.3) is 11.5 Å². The largest absolute Gasteiger partial charge is 0.335 e. The molecule has 32 heavy (non-hydrogen) atoms. The lowest BCUT2D eigenvalue weighted by atomic mass is 9.97. The Labute approximate surface area is 186 Å². The van der Waals surface area contributed by atoms with Crippen LogP contribution in [-0.2, 0) is 6.42 Å². The Morgan fingerprint density at radius 1 is 1.22 bits per heavy atom. The van der Waals surface area contributed by atoms with Crippen LogP contribution in [0.3, 0.4) is 0 Å². The van der Waals surface area contributed by atoms with Gasteiger partial charge in [0.2, 0.25) is 0 Å². The van der Waals surface area contributed by atoms with Gasteiger partial charge in [-0.05, 0) is 36.6 Å². The van der Waals surface area contributed by atoms with Gasteiger partial charge in [-0.15, -0.1) is 0 Å². The molecule has 1 aliphatic rings. The molecule has 0 aliphatic carbocycles. The second-order valence-electron chi connectivity index (χ2n) is 8.78. The summed E-state index contributed by atoms with van der Waals surface area (Å²) >= 11 is 0. The summed E-state index contributed by atoms with van der Waals surface area (Å²) < 4.78 is 14.5. The van der Waals surface area contributed by atoms with E-state index in [4.69, 9.17) is 0 Å². The van der Waals surface area contributed by atoms with Crippen molar-refractivity contribution >= 4 is 16.7 Å². The zero-order valence-electron chi connectivity index (χ0n) is 18.7. The number of nitrogens with one attached hydrogen (secondary N) is 2. The first kappa shape index (κ1) is 22.1. The van der Waals surface area contributed by atoms with Crippen molar-refractivity contribution in [2.75, 3.05) is 13.1 Å². The van der Waals surface area contributed by atoms with Crippen molar-refractivity contribution < 1.29 is 9.18 Å². The highest BCUT2D eigenvalue weighted by atomic mass is 19.1. The minimum absolute atomic E-state index is 0.0738. The minimum atomic E-state index is -0.526. The summed E-state index contributed by atoms with van der Waals surface area (Å²) in [5, 5.41) is 11.6. The third-order valence-electron chi connectivity index (χ3n) is 6.57. The Balaban J connectivity index is 1.48. The summed E-state index contributed by atoms with van der Waals surface area (Å²) in [6.45, 7) is 7.70. The fraction of sp³-hybridized carbons (Fsp3) is 0.400. The molecule has 1 fully saturated rings. The number of amides is 1. The van der Waals surface area contributed by atoms with Crippen molar-refractivity contribution in [3.05, 3.63) is 75.5 Å². The Kier molecular flexibility index (Phi) is 6.37. The van der Waals surface area contributed by atoms with Crippen LogP contribution in [0, 0.1) is 11.7 Å². The van der Waals surface area contributed by atoms with Crippen LogP contribution in [0.25, 0.3) is 10.8 Å². The van der Waals surface area contributed by atoms with E-state index in [1.165, 1.54) is 6.07 Å². The number of nitrogens with zero attached hydrogens (tertiary/aromatic N) is 2. The van der Waals surface area contributed by atoms with Crippen LogP contribution in [0.1, 0.15) is 48.8 Å². The first-order valence-corrected chi connectivity index (χ1v) is 11.2. The number of benzene rings is 2. The number of hydrogen-bond donors (Lipinski definition) is 2. The zero-order chi connectivity index (χ0) is 22.8. The van der Waals surface area contributed by atoms with Crippen molar-refractivity contribution in [1.29, 1.82) is 0 Å². The van der Waals surface area contributed by atoms with E-state index < -0.39 is 5.82 Å². The summed E-state index contributed by atoms with van der Waals surface area (Å²) in [5.74, 6) is -0.258. The van der Waals surface area contributed by atoms with Crippen LogP contribution < -0.4 is 10.9 Å². The number of fused-ring (bicyclic) bond motifs is 1. The molecule has 0 saturated carbocycles. The molecule has 1 aromatic heterocycles. The molecule has 0 radical (unpaired) electrons. The molecule has 2 atom stereocenters. The maximum absolute atomic E-state index is 14.5. The lowest BCUT2D eigenvalue weighted by Gasteiger charge is -2.42. The fourth-order valence-corrected chi connectivity index (χ4v) is 4.16. The van der Waals surface area contributed by atoms with Crippen LogP contribution in [0.15, 0.2) is 47.3 Å². The van der Waals surface area contributed by atoms with Crippen molar-refractivity contribution in [2.24, 2.45) is 5.92 Å². The summed E-state index contributed by atoms with van der Waals surface area (Å²) in [5.41, 5.74) is 1.27. The SMILES string of the molecule is CCC(C)[C@@H](C)NC1CN(C(=O)c2cc(Cc3n[nH]c(=O)c4ccccc34)ccc2F)C1. The Morgan fingerprint density at radius 2 is 1.94 bits per heavy atom. The highest BCUT2D eigenvalue weighted by Gasteiger charge is 2.33. The number of aromatic nitrogens is 2. The van der Waals surface area contributed by atoms with E-state index in [1.54, 1.807) is 29.2 Å². The Morgan fingerprint density at radius 3 is 2.66 bits per heavy atom. The number of likely N-dealkylation sites (tertiary alicyclic amines) is 1. The third-order valence-corrected chi connectivity index (χ3v) is 6.57. The maximum Gasteiger partial charge on any atom is 0.272 e. The molecular weight excluding hydrogens is 407 g/mol. The lowest BCUT2D eigenvalue weighted by molar-refractivity contribution is 0.0539. The average Bonchev–Trinajstić information content (AvgIpc) is 2.78. The van der Waals surface area contributed by atoms with Gasteiger partial charge in [0.05, 0.1) is 16.6 Å². The van der Waals surface area contributed by atoms with Crippen LogP contribution in [0.2, 0.25) is 0 Å². The van der Waals surface area contributed by atoms with E-state index in [9.17, 15) is 14.0 Å². The average molecular weight is 437 g/mol. The molecule has 1 amide bonds. The molecular formula is C25H29FN4O2. The summed E-state index contributed by atoms with van der Waals surface area (Å²) in [4.78, 5) is 26.6. The Hall–Kier alpha value is -3.06. The quantitative estimate of drug-likeness (QED) is 0.594. The van der Waals surface area contributed by atoms with Gasteiger partial charge in [0, 0.05) is 37.0 Å². The fourth-order valence-electron chi connectivity index (χ4n) is 4.16. The van der Waals surface area contributed by atoms with E-state index in [0.717, 1.165) is 17.4 Å². The highest BCUT2D eigenvalue weighted by molar-refractivity contribution is 5.95. The molecule has 0 bridgehead atoms.